The van der Waals surface area contributed by atoms with E-state index in [9.17, 15) is 15.2 Å². The van der Waals surface area contributed by atoms with E-state index in [1.165, 1.54) is 31.7 Å². The maximum Gasteiger partial charge on any atom is 0.296 e. The highest BCUT2D eigenvalue weighted by Crippen LogP contribution is 2.31. The third-order valence-electron chi connectivity index (χ3n) is 5.28. The normalized spacial score (nSPS) is 11.8. The van der Waals surface area contributed by atoms with E-state index in [0.29, 0.717) is 5.69 Å². The van der Waals surface area contributed by atoms with Crippen LogP contribution in [0.4, 0.5) is 17.1 Å². The Bertz CT molecular complexity index is 951. The van der Waals surface area contributed by atoms with Gasteiger partial charge in [0, 0.05) is 6.07 Å². The van der Waals surface area contributed by atoms with Gasteiger partial charge >= 0.3 is 0 Å². The summed E-state index contributed by atoms with van der Waals surface area (Å²) in [7, 11) is 0. The van der Waals surface area contributed by atoms with Crippen molar-refractivity contribution < 1.29 is 10.0 Å². The van der Waals surface area contributed by atoms with Gasteiger partial charge in [0.25, 0.3) is 5.69 Å². The van der Waals surface area contributed by atoms with Crippen molar-refractivity contribution in [2.45, 2.75) is 71.1 Å². The van der Waals surface area contributed by atoms with Gasteiger partial charge in [-0.1, -0.05) is 69.0 Å². The van der Waals surface area contributed by atoms with Crippen LogP contribution in [0.25, 0.3) is 0 Å². The molecule has 0 fully saturated rings. The third kappa shape index (κ3) is 10.3. The minimum Gasteiger partial charge on any atom is -0.508 e. The van der Waals surface area contributed by atoms with Crippen molar-refractivity contribution in [3.8, 4) is 5.75 Å². The number of phenols is 1. The number of allylic oxidation sites excluding steroid dienone is 4. The fourth-order valence-corrected chi connectivity index (χ4v) is 3.46. The van der Waals surface area contributed by atoms with E-state index >= 15 is 0 Å². The quantitative estimate of drug-likeness (QED) is 0.0967. The summed E-state index contributed by atoms with van der Waals surface area (Å²) in [6.07, 6.45) is 20.0. The van der Waals surface area contributed by atoms with Gasteiger partial charge in [-0.3, -0.25) is 10.1 Å². The van der Waals surface area contributed by atoms with Crippen LogP contribution >= 0.6 is 0 Å². The second-order valence-electron chi connectivity index (χ2n) is 8.03. The molecule has 0 spiro atoms. The summed E-state index contributed by atoms with van der Waals surface area (Å²) in [5, 5.41) is 29.4. The van der Waals surface area contributed by atoms with Gasteiger partial charge in [-0.05, 0) is 68.4 Å². The first kappa shape index (κ1) is 26.0. The highest BCUT2D eigenvalue weighted by Gasteiger charge is 2.12. The molecule has 0 aromatic heterocycles. The number of unbranched alkanes of at least 4 members (excludes halogenated alkanes) is 6. The SMILES string of the molecule is CCC/C=C/C/C=C/CCCCCCCc1cc(O)ccc1N=Nc1ccccc1[N+](=O)[O-]. The molecule has 6 nitrogen and oxygen atoms in total. The van der Waals surface area contributed by atoms with Crippen LogP contribution in [0.3, 0.4) is 0 Å². The smallest absolute Gasteiger partial charge is 0.296 e. The number of hydrogen-bond donors (Lipinski definition) is 1. The van der Waals surface area contributed by atoms with E-state index < -0.39 is 4.92 Å². The minimum absolute atomic E-state index is 0.0793. The van der Waals surface area contributed by atoms with Gasteiger partial charge in [0.2, 0.25) is 0 Å². The number of nitrogens with zero attached hydrogens (tertiary/aromatic N) is 3. The predicted molar refractivity (Wildman–Crippen MR) is 135 cm³/mol. The number of rotatable bonds is 15. The zero-order valence-electron chi connectivity index (χ0n) is 19.5. The highest BCUT2D eigenvalue weighted by molar-refractivity contribution is 5.57. The Morgan fingerprint density at radius 1 is 0.879 bits per heavy atom. The number of phenolic OH excluding ortho intramolecular Hbond substituents is 1. The van der Waals surface area contributed by atoms with Gasteiger partial charge in [-0.2, -0.15) is 5.11 Å². The summed E-state index contributed by atoms with van der Waals surface area (Å²) in [6, 6.07) is 11.2. The van der Waals surface area contributed by atoms with E-state index in [2.05, 4.69) is 41.5 Å². The molecular formula is C27H35N3O3. The first-order valence-electron chi connectivity index (χ1n) is 11.9. The van der Waals surface area contributed by atoms with Crippen molar-refractivity contribution in [2.75, 3.05) is 0 Å². The Morgan fingerprint density at radius 3 is 2.36 bits per heavy atom. The van der Waals surface area contributed by atoms with Crippen LogP contribution in [0.15, 0.2) is 77.0 Å². The number of nitro benzene ring substituents is 1. The largest absolute Gasteiger partial charge is 0.508 e. The van der Waals surface area contributed by atoms with E-state index in [1.54, 1.807) is 36.4 Å². The van der Waals surface area contributed by atoms with Gasteiger partial charge in [0.15, 0.2) is 5.69 Å². The molecule has 0 saturated carbocycles. The van der Waals surface area contributed by atoms with Gasteiger partial charge in [-0.25, -0.2) is 0 Å². The summed E-state index contributed by atoms with van der Waals surface area (Å²) in [5.74, 6) is 0.186. The molecule has 0 amide bonds. The van der Waals surface area contributed by atoms with Crippen LogP contribution in [0.5, 0.6) is 5.75 Å². The van der Waals surface area contributed by atoms with Crippen LogP contribution in [0, 0.1) is 10.1 Å². The maximum atomic E-state index is 11.2. The Morgan fingerprint density at radius 2 is 1.58 bits per heavy atom. The van der Waals surface area contributed by atoms with E-state index in [1.807, 2.05) is 0 Å². The molecule has 0 aliphatic carbocycles. The fourth-order valence-electron chi connectivity index (χ4n) is 3.46. The average Bonchev–Trinajstić information content (AvgIpc) is 2.81. The monoisotopic (exact) mass is 449 g/mol. The third-order valence-corrected chi connectivity index (χ3v) is 5.28. The Hall–Kier alpha value is -3.28. The number of aryl methyl sites for hydroxylation is 1. The van der Waals surface area contributed by atoms with Crippen molar-refractivity contribution in [1.29, 1.82) is 0 Å². The van der Waals surface area contributed by atoms with Crippen molar-refractivity contribution >= 4 is 17.1 Å². The van der Waals surface area contributed by atoms with Crippen molar-refractivity contribution in [1.82, 2.24) is 0 Å². The standard InChI is InChI=1S/C27H35N3O3/c1-2-3-4-5-6-7-8-9-10-11-12-13-14-17-23-22-24(31)20-21-25(23)28-29-26-18-15-16-19-27(26)30(32)33/h4-5,7-8,15-16,18-22,31H,2-3,6,9-14,17H2,1H3/b5-4+,8-7+,29-28?. The molecule has 2 aromatic carbocycles. The molecule has 0 radical (unpaired) electrons. The molecule has 0 unspecified atom stereocenters. The van der Waals surface area contributed by atoms with Crippen LogP contribution in [0.2, 0.25) is 0 Å². The number of nitro groups is 1. The second-order valence-corrected chi connectivity index (χ2v) is 8.03. The maximum absolute atomic E-state index is 11.2. The zero-order chi connectivity index (χ0) is 23.7. The second kappa shape index (κ2) is 15.5. The lowest BCUT2D eigenvalue weighted by Gasteiger charge is -2.06. The molecule has 0 aliphatic rings. The molecule has 6 heteroatoms. The predicted octanol–water partition coefficient (Wildman–Crippen LogP) is 8.90. The summed E-state index contributed by atoms with van der Waals surface area (Å²) in [5.41, 5.74) is 1.66. The van der Waals surface area contributed by atoms with Gasteiger partial charge in [0.1, 0.15) is 5.75 Å². The molecule has 33 heavy (non-hydrogen) atoms. The first-order valence-corrected chi connectivity index (χ1v) is 11.9. The summed E-state index contributed by atoms with van der Waals surface area (Å²) in [6.45, 7) is 2.19. The van der Waals surface area contributed by atoms with E-state index in [-0.39, 0.29) is 17.1 Å². The molecule has 176 valence electrons. The lowest BCUT2D eigenvalue weighted by Crippen LogP contribution is -1.88. The van der Waals surface area contributed by atoms with Gasteiger partial charge < -0.3 is 5.11 Å². The van der Waals surface area contributed by atoms with Gasteiger partial charge in [0.05, 0.1) is 10.6 Å². The topological polar surface area (TPSA) is 88.1 Å². The number of benzene rings is 2. The first-order chi connectivity index (χ1) is 16.1. The lowest BCUT2D eigenvalue weighted by molar-refractivity contribution is -0.384. The highest BCUT2D eigenvalue weighted by atomic mass is 16.6. The van der Waals surface area contributed by atoms with Gasteiger partial charge in [-0.15, -0.1) is 5.11 Å². The number of hydrogen-bond acceptors (Lipinski definition) is 5. The molecule has 2 aromatic rings. The summed E-state index contributed by atoms with van der Waals surface area (Å²) in [4.78, 5) is 10.7. The average molecular weight is 450 g/mol. The molecule has 0 saturated heterocycles. The molecular weight excluding hydrogens is 414 g/mol. The number of aromatic hydroxyl groups is 1. The Balaban J connectivity index is 1.77. The molecule has 0 heterocycles. The van der Waals surface area contributed by atoms with Crippen molar-refractivity contribution in [3.63, 3.8) is 0 Å². The Kier molecular flexibility index (Phi) is 12.2. The number of azo groups is 1. The molecule has 1 N–H and O–H groups in total. The van der Waals surface area contributed by atoms with Crippen molar-refractivity contribution in [3.05, 3.63) is 82.4 Å². The van der Waals surface area contributed by atoms with E-state index in [4.69, 9.17) is 0 Å². The fraction of sp³-hybridized carbons (Fsp3) is 0.407. The van der Waals surface area contributed by atoms with Crippen LogP contribution in [-0.4, -0.2) is 10.0 Å². The van der Waals surface area contributed by atoms with Crippen LogP contribution in [0.1, 0.15) is 70.3 Å². The molecule has 2 rings (SSSR count). The zero-order valence-corrected chi connectivity index (χ0v) is 19.5. The summed E-state index contributed by atoms with van der Waals surface area (Å²) >= 11 is 0. The van der Waals surface area contributed by atoms with Crippen LogP contribution in [-0.2, 0) is 6.42 Å². The lowest BCUT2D eigenvalue weighted by atomic mass is 10.0. The van der Waals surface area contributed by atoms with E-state index in [0.717, 1.165) is 44.1 Å². The minimum atomic E-state index is -0.466. The number of para-hydroxylation sites is 1. The molecule has 0 atom stereocenters. The molecule has 0 bridgehead atoms. The molecule has 0 aliphatic heterocycles. The van der Waals surface area contributed by atoms with Crippen molar-refractivity contribution in [2.24, 2.45) is 10.2 Å². The van der Waals surface area contributed by atoms with Crippen LogP contribution < -0.4 is 0 Å². The summed E-state index contributed by atoms with van der Waals surface area (Å²) < 4.78 is 0. The Labute approximate surface area is 196 Å².